The van der Waals surface area contributed by atoms with Crippen molar-refractivity contribution in [2.45, 2.75) is 64.3 Å². The van der Waals surface area contributed by atoms with Gasteiger partial charge in [0.1, 0.15) is 10.6 Å². The van der Waals surface area contributed by atoms with Gasteiger partial charge in [0.05, 0.1) is 7.11 Å². The van der Waals surface area contributed by atoms with E-state index in [4.69, 9.17) is 4.74 Å². The monoisotopic (exact) mass is 408 g/mol. The lowest BCUT2D eigenvalue weighted by atomic mass is 9.93. The summed E-state index contributed by atoms with van der Waals surface area (Å²) in [4.78, 5) is 1.84. The quantitative estimate of drug-likeness (QED) is 0.746. The number of benzene rings is 1. The van der Waals surface area contributed by atoms with E-state index in [1.54, 1.807) is 12.1 Å². The minimum Gasteiger partial charge on any atom is -0.495 e. The zero-order valence-electron chi connectivity index (χ0n) is 16.9. The number of rotatable bonds is 5. The van der Waals surface area contributed by atoms with E-state index in [9.17, 15) is 8.42 Å². The Kier molecular flexibility index (Phi) is 5.29. The zero-order valence-corrected chi connectivity index (χ0v) is 18.5. The molecule has 2 aromatic rings. The molecule has 1 saturated carbocycles. The van der Waals surface area contributed by atoms with Crippen LogP contribution < -0.4 is 9.54 Å². The molecule has 7 heteroatoms. The minimum atomic E-state index is -3.88. The number of hydrogen-bond donors (Lipinski definition) is 0. The second kappa shape index (κ2) is 7.09. The average Bonchev–Trinajstić information content (AvgIpc) is 3.33. The Morgan fingerprint density at radius 3 is 2.48 bits per heavy atom. The maximum absolute atomic E-state index is 13.1. The molecule has 1 aliphatic rings. The molecule has 0 bridgehead atoms. The van der Waals surface area contributed by atoms with Crippen LogP contribution in [0, 0.1) is 19.8 Å². The van der Waals surface area contributed by atoms with E-state index in [-0.39, 0.29) is 10.3 Å². The van der Waals surface area contributed by atoms with Crippen molar-refractivity contribution in [1.29, 1.82) is 0 Å². The van der Waals surface area contributed by atoms with Gasteiger partial charge in [-0.05, 0) is 55.7 Å². The molecule has 0 radical (unpaired) electrons. The Balaban J connectivity index is 2.20. The van der Waals surface area contributed by atoms with E-state index in [1.165, 1.54) is 36.2 Å². The van der Waals surface area contributed by atoms with E-state index in [1.807, 2.05) is 13.0 Å². The van der Waals surface area contributed by atoms with Crippen molar-refractivity contribution in [1.82, 2.24) is 4.57 Å². The molecular formula is C20H28N2O3S2. The number of nitrogens with zero attached hydrogens (tertiary/aromatic N) is 2. The van der Waals surface area contributed by atoms with Gasteiger partial charge < -0.3 is 9.30 Å². The van der Waals surface area contributed by atoms with Crippen LogP contribution in [0.2, 0.25) is 0 Å². The topological polar surface area (TPSA) is 60.7 Å². The average molecular weight is 409 g/mol. The molecule has 0 atom stereocenters. The number of aryl methyl sites for hydroxylation is 1. The normalized spacial score (nSPS) is 16.0. The van der Waals surface area contributed by atoms with Gasteiger partial charge in [-0.1, -0.05) is 26.8 Å². The number of sulfonamides is 1. The molecule has 148 valence electrons. The van der Waals surface area contributed by atoms with Crippen LogP contribution in [0.15, 0.2) is 27.5 Å². The van der Waals surface area contributed by atoms with Crippen LogP contribution >= 0.6 is 11.3 Å². The first-order valence-electron chi connectivity index (χ1n) is 9.19. The van der Waals surface area contributed by atoms with Gasteiger partial charge in [-0.2, -0.15) is 8.42 Å². The highest BCUT2D eigenvalue weighted by atomic mass is 32.2. The summed E-state index contributed by atoms with van der Waals surface area (Å²) in [6, 6.07) is 5.13. The summed E-state index contributed by atoms with van der Waals surface area (Å²) in [5.41, 5.74) is 1.91. The molecule has 1 aromatic heterocycles. The van der Waals surface area contributed by atoms with Gasteiger partial charge in [0.15, 0.2) is 0 Å². The van der Waals surface area contributed by atoms with Gasteiger partial charge in [-0.3, -0.25) is 0 Å². The Morgan fingerprint density at radius 1 is 1.26 bits per heavy atom. The molecule has 0 aliphatic heterocycles. The Bertz CT molecular complexity index is 1020. The summed E-state index contributed by atoms with van der Waals surface area (Å²) in [5, 5.41) is 0. The minimum absolute atomic E-state index is 0.0569. The maximum atomic E-state index is 13.1. The summed E-state index contributed by atoms with van der Waals surface area (Å²) in [6.45, 7) is 11.2. The third-order valence-electron chi connectivity index (χ3n) is 4.77. The first kappa shape index (κ1) is 20.1. The van der Waals surface area contributed by atoms with Crippen LogP contribution in [-0.2, 0) is 22.0 Å². The van der Waals surface area contributed by atoms with Crippen molar-refractivity contribution >= 4 is 21.4 Å². The SMILES string of the molecule is COc1ccc(C)cc1S(=O)(=O)/N=c1\sc(C(C)(C)C)c(C)n1CC1CC1. The second-order valence-electron chi connectivity index (χ2n) is 8.32. The van der Waals surface area contributed by atoms with Gasteiger partial charge in [-0.15, -0.1) is 15.7 Å². The summed E-state index contributed by atoms with van der Waals surface area (Å²) in [5.74, 6) is 0.948. The van der Waals surface area contributed by atoms with Crippen LogP contribution in [0.3, 0.4) is 0 Å². The molecule has 27 heavy (non-hydrogen) atoms. The highest BCUT2D eigenvalue weighted by molar-refractivity contribution is 7.90. The molecule has 5 nitrogen and oxygen atoms in total. The molecule has 0 unspecified atom stereocenters. The highest BCUT2D eigenvalue weighted by Crippen LogP contribution is 2.34. The van der Waals surface area contributed by atoms with Gasteiger partial charge in [0, 0.05) is 17.1 Å². The van der Waals surface area contributed by atoms with E-state index >= 15 is 0 Å². The van der Waals surface area contributed by atoms with Crippen LogP contribution in [0.4, 0.5) is 0 Å². The predicted molar refractivity (Wildman–Crippen MR) is 109 cm³/mol. The van der Waals surface area contributed by atoms with Gasteiger partial charge in [0.25, 0.3) is 10.0 Å². The molecule has 1 aromatic carbocycles. The third kappa shape index (κ3) is 4.29. The van der Waals surface area contributed by atoms with Crippen LogP contribution in [0.25, 0.3) is 0 Å². The van der Waals surface area contributed by atoms with Crippen LogP contribution in [0.1, 0.15) is 49.7 Å². The predicted octanol–water partition coefficient (Wildman–Crippen LogP) is 4.17. The van der Waals surface area contributed by atoms with E-state index in [0.717, 1.165) is 17.8 Å². The molecule has 1 heterocycles. The fourth-order valence-corrected chi connectivity index (χ4v) is 5.82. The third-order valence-corrected chi connectivity index (χ3v) is 7.78. The number of methoxy groups -OCH3 is 1. The first-order chi connectivity index (χ1) is 12.5. The van der Waals surface area contributed by atoms with Gasteiger partial charge in [0.2, 0.25) is 4.80 Å². The zero-order chi connectivity index (χ0) is 20.0. The summed E-state index contributed by atoms with van der Waals surface area (Å²) in [6.07, 6.45) is 2.40. The standard InChI is InChI=1S/C20H28N2O3S2/c1-13-7-10-16(25-6)17(11-13)27(23,24)21-19-22(12-15-8-9-15)14(2)18(26-19)20(3,4)5/h7,10-11,15H,8-9,12H2,1-6H3/b21-19-. The first-order valence-corrected chi connectivity index (χ1v) is 11.4. The molecule has 0 amide bonds. The Morgan fingerprint density at radius 2 is 1.93 bits per heavy atom. The fraction of sp³-hybridized carbons (Fsp3) is 0.550. The summed E-state index contributed by atoms with van der Waals surface area (Å²) >= 11 is 1.48. The van der Waals surface area contributed by atoms with Crippen molar-refractivity contribution in [2.75, 3.05) is 7.11 Å². The van der Waals surface area contributed by atoms with Crippen molar-refractivity contribution in [3.05, 3.63) is 39.1 Å². The van der Waals surface area contributed by atoms with Crippen molar-refractivity contribution in [2.24, 2.45) is 10.3 Å². The largest absolute Gasteiger partial charge is 0.495 e. The van der Waals surface area contributed by atoms with E-state index in [2.05, 4.69) is 36.7 Å². The maximum Gasteiger partial charge on any atom is 0.288 e. The van der Waals surface area contributed by atoms with Gasteiger partial charge in [-0.25, -0.2) is 0 Å². The molecule has 0 spiro atoms. The van der Waals surface area contributed by atoms with Crippen LogP contribution in [0.5, 0.6) is 5.75 Å². The summed E-state index contributed by atoms with van der Waals surface area (Å²) in [7, 11) is -2.40. The molecular weight excluding hydrogens is 380 g/mol. The molecule has 1 aliphatic carbocycles. The molecule has 3 rings (SSSR count). The second-order valence-corrected chi connectivity index (χ2v) is 10.9. The van der Waals surface area contributed by atoms with E-state index in [0.29, 0.717) is 16.5 Å². The van der Waals surface area contributed by atoms with Crippen molar-refractivity contribution in [3.8, 4) is 5.75 Å². The van der Waals surface area contributed by atoms with Crippen molar-refractivity contribution < 1.29 is 13.2 Å². The number of ether oxygens (including phenoxy) is 1. The fourth-order valence-electron chi connectivity index (χ4n) is 3.16. The van der Waals surface area contributed by atoms with Crippen molar-refractivity contribution in [3.63, 3.8) is 0 Å². The van der Waals surface area contributed by atoms with Crippen LogP contribution in [-0.4, -0.2) is 20.1 Å². The molecule has 1 fully saturated rings. The molecule has 0 saturated heterocycles. The number of thiazole rings is 1. The Hall–Kier alpha value is -1.60. The highest BCUT2D eigenvalue weighted by Gasteiger charge is 2.28. The Labute approximate surface area is 165 Å². The smallest absolute Gasteiger partial charge is 0.288 e. The van der Waals surface area contributed by atoms with E-state index < -0.39 is 10.0 Å². The lowest BCUT2D eigenvalue weighted by Gasteiger charge is -2.17. The van der Waals surface area contributed by atoms with Gasteiger partial charge >= 0.3 is 0 Å². The summed E-state index contributed by atoms with van der Waals surface area (Å²) < 4.78 is 37.8. The molecule has 0 N–H and O–H groups in total. The lowest BCUT2D eigenvalue weighted by molar-refractivity contribution is 0.402. The lowest BCUT2D eigenvalue weighted by Crippen LogP contribution is -2.20. The number of hydrogen-bond acceptors (Lipinski definition) is 4. The number of aromatic nitrogens is 1.